The summed E-state index contributed by atoms with van der Waals surface area (Å²) in [5.74, 6) is 1.54. The van der Waals surface area contributed by atoms with Gasteiger partial charge in [0.25, 0.3) is 0 Å². The van der Waals surface area contributed by atoms with Crippen LogP contribution in [-0.2, 0) is 0 Å². The quantitative estimate of drug-likeness (QED) is 0.861. The second kappa shape index (κ2) is 9.58. The highest BCUT2D eigenvalue weighted by molar-refractivity contribution is 5.85. The minimum absolute atomic E-state index is 0. The van der Waals surface area contributed by atoms with Crippen LogP contribution in [0.4, 0.5) is 0 Å². The lowest BCUT2D eigenvalue weighted by atomic mass is 9.89. The molecule has 2 aliphatic rings. The van der Waals surface area contributed by atoms with Crippen molar-refractivity contribution < 1.29 is 9.84 Å². The van der Waals surface area contributed by atoms with Gasteiger partial charge in [0.15, 0.2) is 11.5 Å². The fourth-order valence-corrected chi connectivity index (χ4v) is 3.91. The third-order valence-electron chi connectivity index (χ3n) is 4.94. The van der Waals surface area contributed by atoms with E-state index < -0.39 is 0 Å². The standard InChI is InChI=1S/C17H26N2O2.2ClH/c1-21-16-7-6-14(12-15(16)20)17(13-4-2-3-5-13)19-10-8-18-9-11-19;;/h6-7,12-13,17-18,20H,2-5,8-11H2,1H3;2*1H/t17-;;/m0../s1. The van der Waals surface area contributed by atoms with Crippen molar-refractivity contribution in [3.8, 4) is 11.5 Å². The summed E-state index contributed by atoms with van der Waals surface area (Å²) >= 11 is 0. The smallest absolute Gasteiger partial charge is 0.160 e. The van der Waals surface area contributed by atoms with Gasteiger partial charge >= 0.3 is 0 Å². The summed E-state index contributed by atoms with van der Waals surface area (Å²) in [4.78, 5) is 2.59. The van der Waals surface area contributed by atoms with Gasteiger partial charge in [0.1, 0.15) is 0 Å². The van der Waals surface area contributed by atoms with E-state index in [-0.39, 0.29) is 30.6 Å². The molecule has 2 fully saturated rings. The number of rotatable bonds is 4. The van der Waals surface area contributed by atoms with Gasteiger partial charge in [0.2, 0.25) is 0 Å². The maximum absolute atomic E-state index is 10.1. The SMILES string of the molecule is COc1ccc([C@H](C2CCCC2)N2CCNCC2)cc1O.Cl.Cl. The summed E-state index contributed by atoms with van der Waals surface area (Å²) in [7, 11) is 1.60. The Labute approximate surface area is 151 Å². The number of nitrogens with one attached hydrogen (secondary N) is 1. The number of methoxy groups -OCH3 is 1. The molecule has 1 saturated heterocycles. The maximum atomic E-state index is 10.1. The number of halogens is 2. The van der Waals surface area contributed by atoms with Crippen LogP contribution in [0, 0.1) is 5.92 Å². The molecule has 0 bridgehead atoms. The fourth-order valence-electron chi connectivity index (χ4n) is 3.91. The normalized spacial score (nSPS) is 20.4. The third kappa shape index (κ3) is 4.66. The van der Waals surface area contributed by atoms with Crippen molar-refractivity contribution in [3.05, 3.63) is 23.8 Å². The average Bonchev–Trinajstić information content (AvgIpc) is 3.03. The van der Waals surface area contributed by atoms with Gasteiger partial charge in [0.05, 0.1) is 7.11 Å². The van der Waals surface area contributed by atoms with E-state index in [1.54, 1.807) is 7.11 Å². The molecular weight excluding hydrogens is 335 g/mol. The van der Waals surface area contributed by atoms with Gasteiger partial charge in [-0.25, -0.2) is 0 Å². The Kier molecular flexibility index (Phi) is 8.48. The van der Waals surface area contributed by atoms with E-state index in [1.807, 2.05) is 12.1 Å². The third-order valence-corrected chi connectivity index (χ3v) is 4.94. The highest BCUT2D eigenvalue weighted by Crippen LogP contribution is 2.41. The molecule has 23 heavy (non-hydrogen) atoms. The number of hydrogen-bond acceptors (Lipinski definition) is 4. The van der Waals surface area contributed by atoms with Gasteiger partial charge in [-0.1, -0.05) is 18.9 Å². The van der Waals surface area contributed by atoms with E-state index in [4.69, 9.17) is 4.74 Å². The summed E-state index contributed by atoms with van der Waals surface area (Å²) < 4.78 is 5.18. The van der Waals surface area contributed by atoms with Crippen LogP contribution in [-0.4, -0.2) is 43.3 Å². The van der Waals surface area contributed by atoms with E-state index in [0.717, 1.165) is 32.1 Å². The predicted octanol–water partition coefficient (Wildman–Crippen LogP) is 3.38. The zero-order chi connectivity index (χ0) is 14.7. The molecule has 4 nitrogen and oxygen atoms in total. The number of hydrogen-bond donors (Lipinski definition) is 2. The Morgan fingerprint density at radius 1 is 1.17 bits per heavy atom. The van der Waals surface area contributed by atoms with Crippen molar-refractivity contribution in [2.75, 3.05) is 33.3 Å². The van der Waals surface area contributed by atoms with Gasteiger partial charge in [-0.3, -0.25) is 4.90 Å². The van der Waals surface area contributed by atoms with Crippen molar-refractivity contribution in [2.24, 2.45) is 5.92 Å². The first-order chi connectivity index (χ1) is 10.3. The summed E-state index contributed by atoms with van der Waals surface area (Å²) in [5, 5.41) is 13.6. The van der Waals surface area contributed by atoms with Crippen LogP contribution in [0.25, 0.3) is 0 Å². The van der Waals surface area contributed by atoms with Crippen molar-refractivity contribution in [1.82, 2.24) is 10.2 Å². The number of phenolic OH excluding ortho intramolecular Hbond substituents is 1. The molecule has 0 unspecified atom stereocenters. The van der Waals surface area contributed by atoms with E-state index in [0.29, 0.717) is 11.8 Å². The molecule has 1 heterocycles. The summed E-state index contributed by atoms with van der Waals surface area (Å²) in [5.41, 5.74) is 1.24. The van der Waals surface area contributed by atoms with E-state index in [2.05, 4.69) is 16.3 Å². The highest BCUT2D eigenvalue weighted by atomic mass is 35.5. The molecule has 1 aliphatic carbocycles. The van der Waals surface area contributed by atoms with Crippen LogP contribution in [0.5, 0.6) is 11.5 Å². The molecule has 6 heteroatoms. The molecule has 0 amide bonds. The Morgan fingerprint density at radius 2 is 1.83 bits per heavy atom. The first kappa shape index (κ1) is 20.4. The number of ether oxygens (including phenoxy) is 1. The second-order valence-corrected chi connectivity index (χ2v) is 6.21. The maximum Gasteiger partial charge on any atom is 0.160 e. The molecule has 1 atom stereocenters. The average molecular weight is 363 g/mol. The second-order valence-electron chi connectivity index (χ2n) is 6.21. The van der Waals surface area contributed by atoms with Crippen LogP contribution in [0.1, 0.15) is 37.3 Å². The van der Waals surface area contributed by atoms with Crippen molar-refractivity contribution in [2.45, 2.75) is 31.7 Å². The molecule has 1 aromatic rings. The largest absolute Gasteiger partial charge is 0.504 e. The molecule has 3 rings (SSSR count). The number of benzene rings is 1. The Bertz CT molecular complexity index is 476. The summed E-state index contributed by atoms with van der Waals surface area (Å²) in [6, 6.07) is 6.37. The van der Waals surface area contributed by atoms with Crippen molar-refractivity contribution in [3.63, 3.8) is 0 Å². The van der Waals surface area contributed by atoms with Gasteiger partial charge in [0, 0.05) is 32.2 Å². The number of nitrogens with zero attached hydrogens (tertiary/aromatic N) is 1. The lowest BCUT2D eigenvalue weighted by molar-refractivity contribution is 0.125. The van der Waals surface area contributed by atoms with Gasteiger partial charge in [-0.05, 0) is 36.5 Å². The number of phenols is 1. The summed E-state index contributed by atoms with van der Waals surface area (Å²) in [6.07, 6.45) is 5.30. The number of aromatic hydroxyl groups is 1. The molecule has 0 radical (unpaired) electrons. The van der Waals surface area contributed by atoms with Crippen molar-refractivity contribution >= 4 is 24.8 Å². The van der Waals surface area contributed by atoms with Crippen LogP contribution in [0.2, 0.25) is 0 Å². The van der Waals surface area contributed by atoms with Crippen molar-refractivity contribution in [1.29, 1.82) is 0 Å². The minimum Gasteiger partial charge on any atom is -0.504 e. The topological polar surface area (TPSA) is 44.7 Å². The predicted molar refractivity (Wildman–Crippen MR) is 98.3 cm³/mol. The molecule has 1 aliphatic heterocycles. The van der Waals surface area contributed by atoms with E-state index >= 15 is 0 Å². The van der Waals surface area contributed by atoms with Gasteiger partial charge in [-0.2, -0.15) is 0 Å². The summed E-state index contributed by atoms with van der Waals surface area (Å²) in [6.45, 7) is 4.30. The minimum atomic E-state index is 0. The lowest BCUT2D eigenvalue weighted by Gasteiger charge is -2.38. The molecule has 0 aromatic heterocycles. The monoisotopic (exact) mass is 362 g/mol. The van der Waals surface area contributed by atoms with Gasteiger partial charge < -0.3 is 15.2 Å². The molecular formula is C17H28Cl2N2O2. The first-order valence-corrected chi connectivity index (χ1v) is 8.11. The molecule has 0 spiro atoms. The zero-order valence-corrected chi connectivity index (χ0v) is 15.3. The number of piperazine rings is 1. The highest BCUT2D eigenvalue weighted by Gasteiger charge is 2.32. The van der Waals surface area contributed by atoms with Gasteiger partial charge in [-0.15, -0.1) is 24.8 Å². The zero-order valence-electron chi connectivity index (χ0n) is 13.7. The van der Waals surface area contributed by atoms with Crippen LogP contribution < -0.4 is 10.1 Å². The van der Waals surface area contributed by atoms with Crippen LogP contribution >= 0.6 is 24.8 Å². The van der Waals surface area contributed by atoms with Crippen LogP contribution in [0.3, 0.4) is 0 Å². The first-order valence-electron chi connectivity index (χ1n) is 8.11. The fraction of sp³-hybridized carbons (Fsp3) is 0.647. The molecule has 1 saturated carbocycles. The van der Waals surface area contributed by atoms with E-state index in [1.165, 1.54) is 31.2 Å². The van der Waals surface area contributed by atoms with Crippen LogP contribution in [0.15, 0.2) is 18.2 Å². The lowest BCUT2D eigenvalue weighted by Crippen LogP contribution is -2.46. The Morgan fingerprint density at radius 3 is 2.39 bits per heavy atom. The van der Waals surface area contributed by atoms with E-state index in [9.17, 15) is 5.11 Å². The molecule has 132 valence electrons. The Balaban J connectivity index is 0.00000132. The molecule has 2 N–H and O–H groups in total. The molecule has 1 aromatic carbocycles. The Hall–Kier alpha value is -0.680.